The molecular formula is C5H3ClN4O. The van der Waals surface area contributed by atoms with Crippen LogP contribution in [0.4, 0.5) is 0 Å². The summed E-state index contributed by atoms with van der Waals surface area (Å²) in [5, 5.41) is 7.44. The van der Waals surface area contributed by atoms with E-state index in [1.165, 1.54) is 6.07 Å². The molecule has 2 N–H and O–H groups in total. The monoisotopic (exact) mass is 170 g/mol. The molecule has 0 radical (unpaired) electrons. The molecule has 0 aromatic carbocycles. The third-order valence-corrected chi connectivity index (χ3v) is 1.43. The molecule has 6 heteroatoms. The van der Waals surface area contributed by atoms with E-state index in [1.54, 1.807) is 0 Å². The Morgan fingerprint density at radius 2 is 2.18 bits per heavy atom. The Morgan fingerprint density at radius 1 is 1.36 bits per heavy atom. The molecule has 0 saturated carbocycles. The minimum atomic E-state index is -0.309. The summed E-state index contributed by atoms with van der Waals surface area (Å²) in [4.78, 5) is 15.6. The largest absolute Gasteiger partial charge is 0.325 e. The minimum Gasteiger partial charge on any atom is -0.304 e. The van der Waals surface area contributed by atoms with E-state index in [-0.39, 0.29) is 10.8 Å². The standard InChI is InChI=1S/C5H3ClN4O/c6-3-1-2-4(10-9-3)8-5(11)7-2/h1H,(H2,7,8,10,11). The van der Waals surface area contributed by atoms with Crippen molar-refractivity contribution < 1.29 is 0 Å². The number of nitrogens with zero attached hydrogens (tertiary/aromatic N) is 2. The molecule has 0 bridgehead atoms. The minimum absolute atomic E-state index is 0.257. The van der Waals surface area contributed by atoms with Gasteiger partial charge in [0.15, 0.2) is 10.8 Å². The Kier molecular flexibility index (Phi) is 1.19. The second-order valence-corrected chi connectivity index (χ2v) is 2.40. The van der Waals surface area contributed by atoms with Crippen LogP contribution < -0.4 is 5.69 Å². The van der Waals surface area contributed by atoms with Crippen LogP contribution in [0.15, 0.2) is 10.9 Å². The highest BCUT2D eigenvalue weighted by Crippen LogP contribution is 2.07. The third-order valence-electron chi connectivity index (χ3n) is 1.24. The van der Waals surface area contributed by atoms with Gasteiger partial charge in [0, 0.05) is 6.07 Å². The van der Waals surface area contributed by atoms with Gasteiger partial charge in [0.2, 0.25) is 0 Å². The van der Waals surface area contributed by atoms with E-state index in [4.69, 9.17) is 11.6 Å². The molecule has 2 aromatic rings. The van der Waals surface area contributed by atoms with Crippen molar-refractivity contribution in [1.29, 1.82) is 0 Å². The first-order valence-electron chi connectivity index (χ1n) is 2.87. The van der Waals surface area contributed by atoms with Gasteiger partial charge in [-0.1, -0.05) is 11.6 Å². The quantitative estimate of drug-likeness (QED) is 0.597. The van der Waals surface area contributed by atoms with Crippen molar-refractivity contribution in [2.45, 2.75) is 0 Å². The predicted molar refractivity (Wildman–Crippen MR) is 39.5 cm³/mol. The molecule has 56 valence electrons. The SMILES string of the molecule is O=c1[nH]c2cc(Cl)nnc2[nH]1. The molecule has 0 aliphatic heterocycles. The second-order valence-electron chi connectivity index (χ2n) is 2.01. The summed E-state index contributed by atoms with van der Waals surface area (Å²) < 4.78 is 0. The lowest BCUT2D eigenvalue weighted by Gasteiger charge is -1.85. The number of imidazole rings is 1. The zero-order chi connectivity index (χ0) is 7.84. The van der Waals surface area contributed by atoms with Crippen LogP contribution in [0, 0.1) is 0 Å². The van der Waals surface area contributed by atoms with E-state index in [0.717, 1.165) is 0 Å². The van der Waals surface area contributed by atoms with E-state index in [2.05, 4.69) is 20.2 Å². The van der Waals surface area contributed by atoms with E-state index in [0.29, 0.717) is 11.2 Å². The normalized spacial score (nSPS) is 10.6. The molecule has 0 amide bonds. The highest BCUT2D eigenvalue weighted by Gasteiger charge is 1.99. The number of nitrogens with one attached hydrogen (secondary N) is 2. The zero-order valence-corrected chi connectivity index (χ0v) is 6.01. The number of rotatable bonds is 0. The van der Waals surface area contributed by atoms with Crippen LogP contribution in [0.2, 0.25) is 5.15 Å². The molecular weight excluding hydrogens is 168 g/mol. The Bertz CT molecular complexity index is 445. The zero-order valence-electron chi connectivity index (χ0n) is 5.26. The van der Waals surface area contributed by atoms with E-state index in [9.17, 15) is 4.79 Å². The lowest BCUT2D eigenvalue weighted by atomic mass is 10.5. The maximum absolute atomic E-state index is 10.7. The van der Waals surface area contributed by atoms with Crippen molar-refractivity contribution in [1.82, 2.24) is 20.2 Å². The Hall–Kier alpha value is -1.36. The summed E-state index contributed by atoms with van der Waals surface area (Å²) >= 11 is 5.52. The molecule has 0 unspecified atom stereocenters. The van der Waals surface area contributed by atoms with Crippen molar-refractivity contribution in [3.05, 3.63) is 21.7 Å². The van der Waals surface area contributed by atoms with Gasteiger partial charge in [-0.25, -0.2) is 4.79 Å². The number of hydrogen-bond donors (Lipinski definition) is 2. The van der Waals surface area contributed by atoms with Gasteiger partial charge in [0.05, 0.1) is 5.52 Å². The van der Waals surface area contributed by atoms with E-state index >= 15 is 0 Å². The molecule has 0 aliphatic rings. The molecule has 0 fully saturated rings. The third kappa shape index (κ3) is 0.988. The summed E-state index contributed by atoms with van der Waals surface area (Å²) in [6, 6.07) is 1.53. The summed E-state index contributed by atoms with van der Waals surface area (Å²) in [6.45, 7) is 0. The van der Waals surface area contributed by atoms with E-state index in [1.807, 2.05) is 0 Å². The first-order chi connectivity index (χ1) is 5.25. The van der Waals surface area contributed by atoms with Gasteiger partial charge in [-0.2, -0.15) is 0 Å². The van der Waals surface area contributed by atoms with Crippen LogP contribution in [0.5, 0.6) is 0 Å². The number of aromatic nitrogens is 4. The number of fused-ring (bicyclic) bond motifs is 1. The van der Waals surface area contributed by atoms with Crippen LogP contribution in [0.1, 0.15) is 0 Å². The fourth-order valence-corrected chi connectivity index (χ4v) is 0.964. The summed E-state index contributed by atoms with van der Waals surface area (Å²) in [6.07, 6.45) is 0. The number of hydrogen-bond acceptors (Lipinski definition) is 3. The lowest BCUT2D eigenvalue weighted by Crippen LogP contribution is -1.99. The van der Waals surface area contributed by atoms with Crippen LogP contribution >= 0.6 is 11.6 Å². The molecule has 0 atom stereocenters. The molecule has 2 rings (SSSR count). The number of halogens is 1. The van der Waals surface area contributed by atoms with Gasteiger partial charge in [0.25, 0.3) is 0 Å². The van der Waals surface area contributed by atoms with Gasteiger partial charge in [-0.3, -0.25) is 4.98 Å². The molecule has 5 nitrogen and oxygen atoms in total. The highest BCUT2D eigenvalue weighted by atomic mass is 35.5. The summed E-state index contributed by atoms with van der Waals surface area (Å²) in [5.74, 6) is 0. The maximum Gasteiger partial charge on any atom is 0.325 e. The first kappa shape index (κ1) is 6.36. The Morgan fingerprint density at radius 3 is 3.00 bits per heavy atom. The van der Waals surface area contributed by atoms with Crippen molar-refractivity contribution in [2.24, 2.45) is 0 Å². The number of H-pyrrole nitrogens is 2. The Labute approximate surface area is 65.4 Å². The summed E-state index contributed by atoms with van der Waals surface area (Å²) in [7, 11) is 0. The van der Waals surface area contributed by atoms with Crippen LogP contribution in [-0.4, -0.2) is 20.2 Å². The van der Waals surface area contributed by atoms with Gasteiger partial charge in [-0.15, -0.1) is 10.2 Å². The molecule has 0 saturated heterocycles. The van der Waals surface area contributed by atoms with Crippen LogP contribution in [0.3, 0.4) is 0 Å². The van der Waals surface area contributed by atoms with Crippen molar-refractivity contribution in [3.8, 4) is 0 Å². The summed E-state index contributed by atoms with van der Waals surface area (Å²) in [5.41, 5.74) is 0.672. The van der Waals surface area contributed by atoms with Crippen molar-refractivity contribution in [2.75, 3.05) is 0 Å². The fraction of sp³-hybridized carbons (Fsp3) is 0. The van der Waals surface area contributed by atoms with Gasteiger partial charge < -0.3 is 4.98 Å². The average Bonchev–Trinajstić information content (AvgIpc) is 2.27. The lowest BCUT2D eigenvalue weighted by molar-refractivity contribution is 1.05. The molecule has 2 aromatic heterocycles. The van der Waals surface area contributed by atoms with Crippen LogP contribution in [-0.2, 0) is 0 Å². The van der Waals surface area contributed by atoms with Gasteiger partial charge in [-0.05, 0) is 0 Å². The topological polar surface area (TPSA) is 74.4 Å². The predicted octanol–water partition coefficient (Wildman–Crippen LogP) is 0.300. The van der Waals surface area contributed by atoms with Crippen LogP contribution in [0.25, 0.3) is 11.2 Å². The molecule has 0 aliphatic carbocycles. The Balaban J connectivity index is 2.92. The van der Waals surface area contributed by atoms with Gasteiger partial charge in [0.1, 0.15) is 0 Å². The average molecular weight is 171 g/mol. The maximum atomic E-state index is 10.7. The fourth-order valence-electron chi connectivity index (χ4n) is 0.817. The molecule has 11 heavy (non-hydrogen) atoms. The number of aromatic amines is 2. The van der Waals surface area contributed by atoms with Gasteiger partial charge >= 0.3 is 5.69 Å². The second kappa shape index (κ2) is 2.06. The van der Waals surface area contributed by atoms with Crippen molar-refractivity contribution in [3.63, 3.8) is 0 Å². The first-order valence-corrected chi connectivity index (χ1v) is 3.25. The smallest absolute Gasteiger partial charge is 0.304 e. The molecule has 2 heterocycles. The van der Waals surface area contributed by atoms with E-state index < -0.39 is 0 Å². The van der Waals surface area contributed by atoms with Crippen molar-refractivity contribution >= 4 is 22.8 Å². The highest BCUT2D eigenvalue weighted by molar-refractivity contribution is 6.29. The molecule has 0 spiro atoms.